The fourth-order valence-corrected chi connectivity index (χ4v) is 3.14. The molecule has 0 spiro atoms. The second-order valence-corrected chi connectivity index (χ2v) is 5.76. The van der Waals surface area contributed by atoms with Gasteiger partial charge in [0.15, 0.2) is 0 Å². The normalized spacial score (nSPS) is 18.2. The summed E-state index contributed by atoms with van der Waals surface area (Å²) in [6.45, 7) is 6.68. The van der Waals surface area contributed by atoms with Gasteiger partial charge in [-0.15, -0.1) is 0 Å². The Labute approximate surface area is 124 Å². The van der Waals surface area contributed by atoms with Crippen molar-refractivity contribution < 1.29 is 9.32 Å². The number of amides is 1. The fraction of sp³-hybridized carbons (Fsp3) is 0.412. The maximum atomic E-state index is 12.8. The van der Waals surface area contributed by atoms with Crippen LogP contribution in [0.1, 0.15) is 51.8 Å². The molecule has 0 bridgehead atoms. The Balaban J connectivity index is 1.90. The third kappa shape index (κ3) is 2.46. The molecule has 3 rings (SSSR count). The molecule has 2 aromatic rings. The van der Waals surface area contributed by atoms with Crippen LogP contribution in [-0.4, -0.2) is 22.5 Å². The first-order valence-corrected chi connectivity index (χ1v) is 7.38. The molecular weight excluding hydrogens is 264 g/mol. The minimum absolute atomic E-state index is 0.0880. The summed E-state index contributed by atoms with van der Waals surface area (Å²) in [6.07, 6.45) is 1.99. The van der Waals surface area contributed by atoms with Gasteiger partial charge in [0.1, 0.15) is 5.76 Å². The van der Waals surface area contributed by atoms with E-state index in [1.807, 2.05) is 49.9 Å². The summed E-state index contributed by atoms with van der Waals surface area (Å²) >= 11 is 0. The van der Waals surface area contributed by atoms with Gasteiger partial charge in [0.25, 0.3) is 5.91 Å². The molecule has 1 unspecified atom stereocenters. The summed E-state index contributed by atoms with van der Waals surface area (Å²) in [5, 5.41) is 4.03. The van der Waals surface area contributed by atoms with Crippen molar-refractivity contribution in [2.45, 2.75) is 39.7 Å². The molecule has 1 aromatic carbocycles. The predicted molar refractivity (Wildman–Crippen MR) is 80.2 cm³/mol. The summed E-state index contributed by atoms with van der Waals surface area (Å²) in [5.74, 6) is 0.915. The molecule has 110 valence electrons. The Hall–Kier alpha value is -2.10. The van der Waals surface area contributed by atoms with E-state index in [-0.39, 0.29) is 11.9 Å². The van der Waals surface area contributed by atoms with E-state index in [4.69, 9.17) is 4.52 Å². The Morgan fingerprint density at radius 2 is 1.95 bits per heavy atom. The van der Waals surface area contributed by atoms with Crippen LogP contribution in [-0.2, 0) is 0 Å². The molecule has 1 atom stereocenters. The molecule has 0 N–H and O–H groups in total. The average molecular weight is 284 g/mol. The highest BCUT2D eigenvalue weighted by atomic mass is 16.5. The van der Waals surface area contributed by atoms with Gasteiger partial charge in [0, 0.05) is 17.7 Å². The molecule has 1 aliphatic rings. The number of nitrogens with zero attached hydrogens (tertiary/aromatic N) is 2. The topological polar surface area (TPSA) is 46.3 Å². The summed E-state index contributed by atoms with van der Waals surface area (Å²) in [4.78, 5) is 14.7. The SMILES string of the molecule is Cc1ccc(C(=O)N2CCCC2c2c(C)noc2C)cc1. The van der Waals surface area contributed by atoms with E-state index in [0.29, 0.717) is 0 Å². The summed E-state index contributed by atoms with van der Waals surface area (Å²) in [7, 11) is 0. The van der Waals surface area contributed by atoms with Gasteiger partial charge in [0.2, 0.25) is 0 Å². The highest BCUT2D eigenvalue weighted by Crippen LogP contribution is 2.36. The van der Waals surface area contributed by atoms with Crippen molar-refractivity contribution in [1.82, 2.24) is 10.1 Å². The third-order valence-electron chi connectivity index (χ3n) is 4.23. The van der Waals surface area contributed by atoms with Crippen LogP contribution in [0, 0.1) is 20.8 Å². The van der Waals surface area contributed by atoms with Crippen LogP contribution in [0.3, 0.4) is 0 Å². The molecular formula is C17H20N2O2. The van der Waals surface area contributed by atoms with Gasteiger partial charge < -0.3 is 9.42 Å². The number of carbonyl (C=O) groups is 1. The van der Waals surface area contributed by atoms with Crippen molar-refractivity contribution >= 4 is 5.91 Å². The van der Waals surface area contributed by atoms with Crippen LogP contribution < -0.4 is 0 Å². The largest absolute Gasteiger partial charge is 0.361 e. The summed E-state index contributed by atoms with van der Waals surface area (Å²) in [5.41, 5.74) is 3.88. The van der Waals surface area contributed by atoms with E-state index in [1.165, 1.54) is 0 Å². The van der Waals surface area contributed by atoms with Crippen molar-refractivity contribution in [1.29, 1.82) is 0 Å². The summed E-state index contributed by atoms with van der Waals surface area (Å²) in [6, 6.07) is 7.86. The highest BCUT2D eigenvalue weighted by Gasteiger charge is 2.34. The monoisotopic (exact) mass is 284 g/mol. The van der Waals surface area contributed by atoms with Crippen LogP contribution in [0.25, 0.3) is 0 Å². The zero-order valence-electron chi connectivity index (χ0n) is 12.7. The fourth-order valence-electron chi connectivity index (χ4n) is 3.14. The molecule has 0 aliphatic carbocycles. The van der Waals surface area contributed by atoms with Gasteiger partial charge in [0.05, 0.1) is 11.7 Å². The minimum Gasteiger partial charge on any atom is -0.361 e. The van der Waals surface area contributed by atoms with Crippen LogP contribution in [0.15, 0.2) is 28.8 Å². The van der Waals surface area contributed by atoms with Crippen LogP contribution >= 0.6 is 0 Å². The zero-order chi connectivity index (χ0) is 15.0. The number of aromatic nitrogens is 1. The Morgan fingerprint density at radius 1 is 1.24 bits per heavy atom. The molecule has 2 heterocycles. The van der Waals surface area contributed by atoms with E-state index < -0.39 is 0 Å². The van der Waals surface area contributed by atoms with Gasteiger partial charge in [-0.2, -0.15) is 0 Å². The quantitative estimate of drug-likeness (QED) is 0.846. The third-order valence-corrected chi connectivity index (χ3v) is 4.23. The average Bonchev–Trinajstić information content (AvgIpc) is 3.06. The first kappa shape index (κ1) is 13.9. The van der Waals surface area contributed by atoms with Crippen molar-refractivity contribution in [3.05, 3.63) is 52.4 Å². The summed E-state index contributed by atoms with van der Waals surface area (Å²) < 4.78 is 5.27. The molecule has 0 saturated carbocycles. The first-order valence-electron chi connectivity index (χ1n) is 7.38. The van der Waals surface area contributed by atoms with Gasteiger partial charge in [-0.3, -0.25) is 4.79 Å². The van der Waals surface area contributed by atoms with Gasteiger partial charge in [-0.1, -0.05) is 22.9 Å². The molecule has 21 heavy (non-hydrogen) atoms. The molecule has 1 saturated heterocycles. The Bertz CT molecular complexity index is 638. The number of benzene rings is 1. The molecule has 0 radical (unpaired) electrons. The van der Waals surface area contributed by atoms with Gasteiger partial charge >= 0.3 is 0 Å². The number of hydrogen-bond acceptors (Lipinski definition) is 3. The minimum atomic E-state index is 0.0880. The second kappa shape index (κ2) is 5.35. The smallest absolute Gasteiger partial charge is 0.254 e. The van der Waals surface area contributed by atoms with Crippen molar-refractivity contribution in [2.24, 2.45) is 0 Å². The number of hydrogen-bond donors (Lipinski definition) is 0. The second-order valence-electron chi connectivity index (χ2n) is 5.76. The van der Waals surface area contributed by atoms with E-state index in [2.05, 4.69) is 5.16 Å². The molecule has 1 fully saturated rings. The number of carbonyl (C=O) groups excluding carboxylic acids is 1. The predicted octanol–water partition coefficient (Wildman–Crippen LogP) is 3.58. The standard InChI is InChI=1S/C17H20N2O2/c1-11-6-8-14(9-7-11)17(20)19-10-4-5-15(19)16-12(2)18-21-13(16)3/h6-9,15H,4-5,10H2,1-3H3. The Kier molecular flexibility index (Phi) is 3.53. The van der Waals surface area contributed by atoms with E-state index in [1.54, 1.807) is 0 Å². The lowest BCUT2D eigenvalue weighted by Crippen LogP contribution is -2.31. The highest BCUT2D eigenvalue weighted by molar-refractivity contribution is 5.94. The maximum Gasteiger partial charge on any atom is 0.254 e. The van der Waals surface area contributed by atoms with Gasteiger partial charge in [-0.05, 0) is 45.7 Å². The molecule has 1 amide bonds. The van der Waals surface area contributed by atoms with Crippen LogP contribution in [0.4, 0.5) is 0 Å². The zero-order valence-corrected chi connectivity index (χ0v) is 12.7. The van der Waals surface area contributed by atoms with Crippen molar-refractivity contribution in [3.8, 4) is 0 Å². The van der Waals surface area contributed by atoms with Crippen LogP contribution in [0.5, 0.6) is 0 Å². The molecule has 1 aromatic heterocycles. The number of rotatable bonds is 2. The number of likely N-dealkylation sites (tertiary alicyclic amines) is 1. The van der Waals surface area contributed by atoms with Crippen LogP contribution in [0.2, 0.25) is 0 Å². The van der Waals surface area contributed by atoms with E-state index >= 15 is 0 Å². The van der Waals surface area contributed by atoms with Crippen molar-refractivity contribution in [2.75, 3.05) is 6.54 Å². The van der Waals surface area contributed by atoms with E-state index in [0.717, 1.165) is 47.5 Å². The maximum absolute atomic E-state index is 12.8. The lowest BCUT2D eigenvalue weighted by molar-refractivity contribution is 0.0734. The van der Waals surface area contributed by atoms with Gasteiger partial charge in [-0.25, -0.2) is 0 Å². The van der Waals surface area contributed by atoms with Crippen molar-refractivity contribution in [3.63, 3.8) is 0 Å². The first-order chi connectivity index (χ1) is 10.1. The van der Waals surface area contributed by atoms with E-state index in [9.17, 15) is 4.79 Å². The molecule has 4 heteroatoms. The molecule has 4 nitrogen and oxygen atoms in total. The lowest BCUT2D eigenvalue weighted by atomic mass is 10.0. The molecule has 1 aliphatic heterocycles. The lowest BCUT2D eigenvalue weighted by Gasteiger charge is -2.25. The Morgan fingerprint density at radius 3 is 2.57 bits per heavy atom. The number of aryl methyl sites for hydroxylation is 3.